The van der Waals surface area contributed by atoms with Crippen LogP contribution >= 0.6 is 0 Å². The predicted molar refractivity (Wildman–Crippen MR) is 53.0 cm³/mol. The van der Waals surface area contributed by atoms with Gasteiger partial charge in [-0.3, -0.25) is 4.79 Å². The molecule has 3 N–H and O–H groups in total. The fraction of sp³-hybridized carbons (Fsp3) is 0.900. The van der Waals surface area contributed by atoms with Gasteiger partial charge in [0, 0.05) is 0 Å². The second kappa shape index (κ2) is 5.32. The molecule has 0 bridgehead atoms. The van der Waals surface area contributed by atoms with Crippen molar-refractivity contribution in [1.29, 1.82) is 0 Å². The molecule has 4 nitrogen and oxygen atoms in total. The highest BCUT2D eigenvalue weighted by molar-refractivity contribution is 5.76. The van der Waals surface area contributed by atoms with Gasteiger partial charge in [-0.2, -0.15) is 0 Å². The van der Waals surface area contributed by atoms with Crippen molar-refractivity contribution in [2.24, 2.45) is 5.41 Å². The molecule has 2 unspecified atom stereocenters. The zero-order valence-electron chi connectivity index (χ0n) is 9.03. The van der Waals surface area contributed by atoms with Crippen LogP contribution in [-0.2, 0) is 4.79 Å². The van der Waals surface area contributed by atoms with Gasteiger partial charge in [0.15, 0.2) is 0 Å². The molecule has 0 fully saturated rings. The standard InChI is InChI=1S/C10H20O4/c1-4-7(11)10(6-3,9(13)14)8(12)5-2/h7-8,11-12H,4-6H2,1-3H3,(H,13,14). The normalized spacial score (nSPS) is 19.8. The minimum atomic E-state index is -1.41. The van der Waals surface area contributed by atoms with E-state index < -0.39 is 23.6 Å². The van der Waals surface area contributed by atoms with Crippen molar-refractivity contribution in [2.75, 3.05) is 0 Å². The van der Waals surface area contributed by atoms with Gasteiger partial charge >= 0.3 is 5.97 Å². The van der Waals surface area contributed by atoms with E-state index in [1.165, 1.54) is 0 Å². The number of aliphatic hydroxyl groups is 2. The maximum atomic E-state index is 11.1. The number of aliphatic hydroxyl groups excluding tert-OH is 2. The molecular formula is C10H20O4. The molecule has 0 saturated heterocycles. The topological polar surface area (TPSA) is 77.8 Å². The molecule has 84 valence electrons. The first-order valence-corrected chi connectivity index (χ1v) is 5.06. The van der Waals surface area contributed by atoms with Crippen molar-refractivity contribution in [3.63, 3.8) is 0 Å². The Hall–Kier alpha value is -0.610. The fourth-order valence-corrected chi connectivity index (χ4v) is 1.86. The summed E-state index contributed by atoms with van der Waals surface area (Å²) in [6.07, 6.45) is -1.11. The minimum Gasteiger partial charge on any atom is -0.481 e. The lowest BCUT2D eigenvalue weighted by molar-refractivity contribution is -0.170. The van der Waals surface area contributed by atoms with Gasteiger partial charge in [-0.1, -0.05) is 20.8 Å². The molecule has 14 heavy (non-hydrogen) atoms. The molecule has 0 aromatic heterocycles. The van der Waals surface area contributed by atoms with Gasteiger partial charge in [-0.15, -0.1) is 0 Å². The van der Waals surface area contributed by atoms with Crippen LogP contribution in [0.5, 0.6) is 0 Å². The van der Waals surface area contributed by atoms with Gasteiger partial charge in [0.1, 0.15) is 5.41 Å². The van der Waals surface area contributed by atoms with Gasteiger partial charge in [0.2, 0.25) is 0 Å². The molecule has 0 aliphatic carbocycles. The van der Waals surface area contributed by atoms with Crippen LogP contribution in [0.4, 0.5) is 0 Å². The van der Waals surface area contributed by atoms with Gasteiger partial charge in [0.05, 0.1) is 12.2 Å². The fourth-order valence-electron chi connectivity index (χ4n) is 1.86. The third kappa shape index (κ3) is 2.07. The van der Waals surface area contributed by atoms with Crippen LogP contribution in [0.2, 0.25) is 0 Å². The molecule has 0 amide bonds. The van der Waals surface area contributed by atoms with E-state index in [0.29, 0.717) is 12.8 Å². The number of carbonyl (C=O) groups is 1. The van der Waals surface area contributed by atoms with Crippen molar-refractivity contribution >= 4 is 5.97 Å². The van der Waals surface area contributed by atoms with E-state index >= 15 is 0 Å². The van der Waals surface area contributed by atoms with Gasteiger partial charge in [0.25, 0.3) is 0 Å². The first-order chi connectivity index (χ1) is 6.47. The van der Waals surface area contributed by atoms with E-state index in [9.17, 15) is 15.0 Å². The predicted octanol–water partition coefficient (Wildman–Crippen LogP) is 1.01. The SMILES string of the molecule is CCC(O)C(CC)(C(=O)O)C(O)CC. The maximum Gasteiger partial charge on any atom is 0.314 e. The molecule has 0 aromatic carbocycles. The Balaban J connectivity index is 5.07. The number of hydrogen-bond donors (Lipinski definition) is 3. The highest BCUT2D eigenvalue weighted by Gasteiger charge is 2.48. The summed E-state index contributed by atoms with van der Waals surface area (Å²) in [6, 6.07) is 0. The molecule has 0 aliphatic heterocycles. The Morgan fingerprint density at radius 1 is 1.14 bits per heavy atom. The lowest BCUT2D eigenvalue weighted by atomic mass is 9.72. The number of aliphatic carboxylic acids is 1. The van der Waals surface area contributed by atoms with Crippen LogP contribution in [0.15, 0.2) is 0 Å². The van der Waals surface area contributed by atoms with E-state index in [4.69, 9.17) is 5.11 Å². The number of carboxylic acid groups (broad SMARTS) is 1. The van der Waals surface area contributed by atoms with Gasteiger partial charge in [-0.05, 0) is 19.3 Å². The van der Waals surface area contributed by atoms with E-state index in [0.717, 1.165) is 0 Å². The third-order valence-electron chi connectivity index (χ3n) is 2.95. The Kier molecular flexibility index (Phi) is 5.08. The van der Waals surface area contributed by atoms with Crippen LogP contribution in [0.25, 0.3) is 0 Å². The molecule has 4 heteroatoms. The smallest absolute Gasteiger partial charge is 0.314 e. The lowest BCUT2D eigenvalue weighted by Gasteiger charge is -2.36. The van der Waals surface area contributed by atoms with Crippen LogP contribution in [-0.4, -0.2) is 33.5 Å². The lowest BCUT2D eigenvalue weighted by Crippen LogP contribution is -2.50. The Morgan fingerprint density at radius 3 is 1.64 bits per heavy atom. The number of carboxylic acids is 1. The maximum absolute atomic E-state index is 11.1. The van der Waals surface area contributed by atoms with Gasteiger partial charge < -0.3 is 15.3 Å². The summed E-state index contributed by atoms with van der Waals surface area (Å²) in [7, 11) is 0. The van der Waals surface area contributed by atoms with Crippen LogP contribution in [0, 0.1) is 5.41 Å². The summed E-state index contributed by atoms with van der Waals surface area (Å²) in [4.78, 5) is 11.1. The molecule has 0 rings (SSSR count). The summed E-state index contributed by atoms with van der Waals surface area (Å²) >= 11 is 0. The van der Waals surface area contributed by atoms with Crippen molar-refractivity contribution in [1.82, 2.24) is 0 Å². The molecule has 0 radical (unpaired) electrons. The minimum absolute atomic E-state index is 0.229. The monoisotopic (exact) mass is 204 g/mol. The first-order valence-electron chi connectivity index (χ1n) is 5.06. The zero-order chi connectivity index (χ0) is 11.4. The Bertz CT molecular complexity index is 181. The highest BCUT2D eigenvalue weighted by Crippen LogP contribution is 2.34. The van der Waals surface area contributed by atoms with E-state index in [1.54, 1.807) is 20.8 Å². The van der Waals surface area contributed by atoms with Gasteiger partial charge in [-0.25, -0.2) is 0 Å². The van der Waals surface area contributed by atoms with Crippen LogP contribution < -0.4 is 0 Å². The Labute approximate surface area is 84.6 Å². The molecule has 0 heterocycles. The summed E-state index contributed by atoms with van der Waals surface area (Å²) in [5, 5.41) is 28.5. The molecular weight excluding hydrogens is 184 g/mol. The van der Waals surface area contributed by atoms with Crippen molar-refractivity contribution < 1.29 is 20.1 Å². The van der Waals surface area contributed by atoms with Crippen molar-refractivity contribution in [3.8, 4) is 0 Å². The summed E-state index contributed by atoms with van der Waals surface area (Å²) < 4.78 is 0. The number of rotatable bonds is 6. The summed E-state index contributed by atoms with van der Waals surface area (Å²) in [5.41, 5.74) is -1.41. The quantitative estimate of drug-likeness (QED) is 0.603. The van der Waals surface area contributed by atoms with Crippen LogP contribution in [0.3, 0.4) is 0 Å². The molecule has 0 aromatic rings. The second-order valence-electron chi connectivity index (χ2n) is 3.55. The summed E-state index contributed by atoms with van der Waals surface area (Å²) in [5.74, 6) is -1.12. The second-order valence-corrected chi connectivity index (χ2v) is 3.55. The third-order valence-corrected chi connectivity index (χ3v) is 2.95. The first kappa shape index (κ1) is 13.4. The molecule has 0 aliphatic rings. The zero-order valence-corrected chi connectivity index (χ0v) is 9.03. The van der Waals surface area contributed by atoms with E-state index in [-0.39, 0.29) is 6.42 Å². The van der Waals surface area contributed by atoms with Crippen LogP contribution in [0.1, 0.15) is 40.0 Å². The highest BCUT2D eigenvalue weighted by atomic mass is 16.4. The molecule has 0 saturated carbocycles. The average molecular weight is 204 g/mol. The Morgan fingerprint density at radius 2 is 1.50 bits per heavy atom. The molecule has 2 atom stereocenters. The summed E-state index contributed by atoms with van der Waals surface area (Å²) in [6.45, 7) is 5.09. The van der Waals surface area contributed by atoms with E-state index in [2.05, 4.69) is 0 Å². The number of hydrogen-bond acceptors (Lipinski definition) is 3. The van der Waals surface area contributed by atoms with E-state index in [1.807, 2.05) is 0 Å². The van der Waals surface area contributed by atoms with Crippen molar-refractivity contribution in [3.05, 3.63) is 0 Å². The molecule has 0 spiro atoms. The van der Waals surface area contributed by atoms with Crippen molar-refractivity contribution in [2.45, 2.75) is 52.2 Å². The average Bonchev–Trinajstić information content (AvgIpc) is 2.18. The largest absolute Gasteiger partial charge is 0.481 e.